The van der Waals surface area contributed by atoms with Crippen molar-refractivity contribution in [2.24, 2.45) is 4.99 Å². The number of piperidine rings is 1. The molecule has 1 saturated heterocycles. The van der Waals surface area contributed by atoms with Gasteiger partial charge in [0.25, 0.3) is 5.91 Å². The van der Waals surface area contributed by atoms with Crippen molar-refractivity contribution in [3.8, 4) is 0 Å². The predicted octanol–water partition coefficient (Wildman–Crippen LogP) is 2.98. The summed E-state index contributed by atoms with van der Waals surface area (Å²) >= 11 is 0. The first kappa shape index (κ1) is 24.7. The number of carbonyl (C=O) groups is 1. The SMILES string of the molecule is CCC(C)NC(=O)c1ccc(CNC(=NC)NCCN2CCCCC2)cc1.I. The van der Waals surface area contributed by atoms with Crippen molar-refractivity contribution in [1.29, 1.82) is 0 Å². The molecule has 0 aromatic heterocycles. The first-order chi connectivity index (χ1) is 13.1. The lowest BCUT2D eigenvalue weighted by atomic mass is 10.1. The number of likely N-dealkylation sites (tertiary alicyclic amines) is 1. The highest BCUT2D eigenvalue weighted by Crippen LogP contribution is 2.07. The third kappa shape index (κ3) is 8.77. The highest BCUT2D eigenvalue weighted by Gasteiger charge is 2.10. The zero-order valence-electron chi connectivity index (χ0n) is 17.5. The van der Waals surface area contributed by atoms with Gasteiger partial charge in [-0.15, -0.1) is 24.0 Å². The topological polar surface area (TPSA) is 68.8 Å². The number of benzene rings is 1. The minimum Gasteiger partial charge on any atom is -0.355 e. The van der Waals surface area contributed by atoms with Gasteiger partial charge in [-0.3, -0.25) is 9.79 Å². The Bertz CT molecular complexity index is 599. The lowest BCUT2D eigenvalue weighted by molar-refractivity contribution is 0.0939. The number of nitrogens with zero attached hydrogens (tertiary/aromatic N) is 2. The Morgan fingerprint density at radius 1 is 1.14 bits per heavy atom. The summed E-state index contributed by atoms with van der Waals surface area (Å²) in [5, 5.41) is 9.70. The van der Waals surface area contributed by atoms with E-state index in [0.717, 1.165) is 31.0 Å². The van der Waals surface area contributed by atoms with Crippen molar-refractivity contribution in [3.05, 3.63) is 35.4 Å². The summed E-state index contributed by atoms with van der Waals surface area (Å²) in [7, 11) is 1.79. The van der Waals surface area contributed by atoms with Crippen LogP contribution in [0.4, 0.5) is 0 Å². The summed E-state index contributed by atoms with van der Waals surface area (Å²) in [6.45, 7) is 9.13. The second-order valence-electron chi connectivity index (χ2n) is 7.23. The van der Waals surface area contributed by atoms with Crippen LogP contribution in [0.1, 0.15) is 55.5 Å². The highest BCUT2D eigenvalue weighted by molar-refractivity contribution is 14.0. The summed E-state index contributed by atoms with van der Waals surface area (Å²) in [6, 6.07) is 7.92. The molecule has 1 aromatic rings. The van der Waals surface area contributed by atoms with Gasteiger partial charge in [0.05, 0.1) is 0 Å². The molecule has 0 radical (unpaired) electrons. The van der Waals surface area contributed by atoms with E-state index in [1.807, 2.05) is 31.2 Å². The van der Waals surface area contributed by atoms with Gasteiger partial charge in [-0.2, -0.15) is 0 Å². The molecule has 158 valence electrons. The minimum atomic E-state index is -0.0148. The van der Waals surface area contributed by atoms with E-state index in [9.17, 15) is 4.79 Å². The van der Waals surface area contributed by atoms with Crippen LogP contribution in [-0.2, 0) is 6.54 Å². The molecule has 7 heteroatoms. The second-order valence-corrected chi connectivity index (χ2v) is 7.23. The second kappa shape index (κ2) is 13.8. The van der Waals surface area contributed by atoms with E-state index in [1.165, 1.54) is 32.4 Å². The number of halogens is 1. The largest absolute Gasteiger partial charge is 0.355 e. The lowest BCUT2D eigenvalue weighted by Gasteiger charge is -2.26. The summed E-state index contributed by atoms with van der Waals surface area (Å²) < 4.78 is 0. The quantitative estimate of drug-likeness (QED) is 0.291. The molecule has 1 aromatic carbocycles. The van der Waals surface area contributed by atoms with Gasteiger partial charge in [0, 0.05) is 38.3 Å². The maximum absolute atomic E-state index is 12.1. The van der Waals surface area contributed by atoms with E-state index >= 15 is 0 Å². The molecule has 3 N–H and O–H groups in total. The van der Waals surface area contributed by atoms with Gasteiger partial charge in [0.1, 0.15) is 0 Å². The van der Waals surface area contributed by atoms with Gasteiger partial charge in [-0.05, 0) is 57.0 Å². The molecular weight excluding hydrogens is 465 g/mol. The Kier molecular flexibility index (Phi) is 12.1. The zero-order valence-corrected chi connectivity index (χ0v) is 19.8. The van der Waals surface area contributed by atoms with E-state index in [-0.39, 0.29) is 35.9 Å². The van der Waals surface area contributed by atoms with E-state index < -0.39 is 0 Å². The number of hydrogen-bond acceptors (Lipinski definition) is 3. The lowest BCUT2D eigenvalue weighted by Crippen LogP contribution is -2.42. The number of carbonyl (C=O) groups excluding carboxylic acids is 1. The standard InChI is InChI=1S/C21H35N5O.HI/c1-4-17(2)25-20(27)19-10-8-18(9-11-19)16-24-21(22-3)23-12-15-26-13-6-5-7-14-26;/h8-11,17H,4-7,12-16H2,1-3H3,(H,25,27)(H2,22,23,24);1H. The molecule has 1 atom stereocenters. The van der Waals surface area contributed by atoms with Crippen LogP contribution < -0.4 is 16.0 Å². The van der Waals surface area contributed by atoms with Crippen LogP contribution in [0.3, 0.4) is 0 Å². The third-order valence-corrected chi connectivity index (χ3v) is 5.06. The van der Waals surface area contributed by atoms with Crippen molar-refractivity contribution >= 4 is 35.8 Å². The predicted molar refractivity (Wildman–Crippen MR) is 128 cm³/mol. The molecule has 1 amide bonds. The maximum atomic E-state index is 12.1. The first-order valence-electron chi connectivity index (χ1n) is 10.2. The zero-order chi connectivity index (χ0) is 19.5. The average Bonchev–Trinajstić information content (AvgIpc) is 2.71. The Morgan fingerprint density at radius 3 is 2.43 bits per heavy atom. The van der Waals surface area contributed by atoms with Gasteiger partial charge in [0.2, 0.25) is 0 Å². The molecule has 2 rings (SSSR count). The molecule has 1 unspecified atom stereocenters. The van der Waals surface area contributed by atoms with E-state index in [4.69, 9.17) is 0 Å². The summed E-state index contributed by atoms with van der Waals surface area (Å²) in [5.74, 6) is 0.796. The van der Waals surface area contributed by atoms with Crippen molar-refractivity contribution < 1.29 is 4.79 Å². The summed E-state index contributed by atoms with van der Waals surface area (Å²) in [4.78, 5) is 18.9. The Labute approximate surface area is 187 Å². The van der Waals surface area contributed by atoms with Crippen LogP contribution in [0.5, 0.6) is 0 Å². The van der Waals surface area contributed by atoms with E-state index in [0.29, 0.717) is 12.1 Å². The van der Waals surface area contributed by atoms with Crippen LogP contribution in [0.2, 0.25) is 0 Å². The first-order valence-corrected chi connectivity index (χ1v) is 10.2. The highest BCUT2D eigenvalue weighted by atomic mass is 127. The monoisotopic (exact) mass is 501 g/mol. The van der Waals surface area contributed by atoms with E-state index in [2.05, 4.69) is 32.8 Å². The Morgan fingerprint density at radius 2 is 1.82 bits per heavy atom. The van der Waals surface area contributed by atoms with Crippen LogP contribution in [0.15, 0.2) is 29.3 Å². The van der Waals surface area contributed by atoms with Crippen molar-refractivity contribution in [3.63, 3.8) is 0 Å². The molecule has 0 bridgehead atoms. The smallest absolute Gasteiger partial charge is 0.251 e. The molecule has 6 nitrogen and oxygen atoms in total. The number of amides is 1. The molecule has 1 aliphatic heterocycles. The molecule has 1 fully saturated rings. The Hall–Kier alpha value is -1.35. The fourth-order valence-corrected chi connectivity index (χ4v) is 3.10. The van der Waals surface area contributed by atoms with Gasteiger partial charge in [0.15, 0.2) is 5.96 Å². The number of guanidine groups is 1. The summed E-state index contributed by atoms with van der Waals surface area (Å²) in [5.41, 5.74) is 1.82. The van der Waals surface area contributed by atoms with Crippen molar-refractivity contribution in [2.75, 3.05) is 33.2 Å². The van der Waals surface area contributed by atoms with Crippen LogP contribution in [0.25, 0.3) is 0 Å². The van der Waals surface area contributed by atoms with Gasteiger partial charge in [-0.25, -0.2) is 0 Å². The van der Waals surface area contributed by atoms with Crippen molar-refractivity contribution in [2.45, 2.75) is 52.1 Å². The minimum absolute atomic E-state index is 0. The van der Waals surface area contributed by atoms with Crippen molar-refractivity contribution in [1.82, 2.24) is 20.9 Å². The normalized spacial score (nSPS) is 16.0. The fourth-order valence-electron chi connectivity index (χ4n) is 3.10. The molecule has 28 heavy (non-hydrogen) atoms. The summed E-state index contributed by atoms with van der Waals surface area (Å²) in [6.07, 6.45) is 4.93. The number of aliphatic imine (C=N–C) groups is 1. The van der Waals surface area contributed by atoms with Gasteiger partial charge in [-0.1, -0.05) is 25.5 Å². The molecule has 0 spiro atoms. The molecule has 1 aliphatic rings. The van der Waals surface area contributed by atoms with Gasteiger partial charge >= 0.3 is 0 Å². The number of rotatable bonds is 8. The Balaban J connectivity index is 0.00000392. The molecule has 0 saturated carbocycles. The van der Waals surface area contributed by atoms with E-state index in [1.54, 1.807) is 7.05 Å². The van der Waals surface area contributed by atoms with Crippen LogP contribution in [-0.4, -0.2) is 56.0 Å². The van der Waals surface area contributed by atoms with Crippen LogP contribution >= 0.6 is 24.0 Å². The number of hydrogen-bond donors (Lipinski definition) is 3. The molecule has 0 aliphatic carbocycles. The third-order valence-electron chi connectivity index (χ3n) is 5.06. The molecule has 1 heterocycles. The fraction of sp³-hybridized carbons (Fsp3) is 0.619. The average molecular weight is 501 g/mol. The van der Waals surface area contributed by atoms with Gasteiger partial charge < -0.3 is 20.9 Å². The molecular formula is C21H36IN5O. The maximum Gasteiger partial charge on any atom is 0.251 e. The number of nitrogens with one attached hydrogen (secondary N) is 3. The van der Waals surface area contributed by atoms with Crippen LogP contribution in [0, 0.1) is 0 Å².